The number of benzene rings is 1. The molecule has 0 fully saturated rings. The van der Waals surface area contributed by atoms with Crippen LogP contribution in [0.25, 0.3) is 0 Å². The number of unbranched alkanes of at least 4 members (excludes halogenated alkanes) is 2. The standard InChI is InChI=1S/C21H28OSe/c1-3-4-9-14-19(2)15-10-6-5-7-13-18-21(22)23-20-16-11-8-12-17-20/h3,5-6,8,11-12,14,16-17H,1,4,7,9-10,13,15,18H2,2H3/b6-5-,19-14+. The molecule has 0 radical (unpaired) electrons. The summed E-state index contributed by atoms with van der Waals surface area (Å²) in [5, 5.41) is 0. The number of allylic oxidation sites excluding steroid dienone is 5. The van der Waals surface area contributed by atoms with E-state index in [-0.39, 0.29) is 15.0 Å². The predicted octanol–water partition coefficient (Wildman–Crippen LogP) is 4.96. The van der Waals surface area contributed by atoms with E-state index in [2.05, 4.69) is 31.7 Å². The molecule has 23 heavy (non-hydrogen) atoms. The van der Waals surface area contributed by atoms with Crippen molar-refractivity contribution in [2.75, 3.05) is 0 Å². The molecule has 0 atom stereocenters. The quantitative estimate of drug-likeness (QED) is 0.287. The van der Waals surface area contributed by atoms with E-state index in [0.29, 0.717) is 11.1 Å². The maximum absolute atomic E-state index is 11.9. The molecular formula is C21H28OSe. The average Bonchev–Trinajstić information content (AvgIpc) is 2.55. The molecular weight excluding hydrogens is 347 g/mol. The van der Waals surface area contributed by atoms with E-state index >= 15 is 0 Å². The van der Waals surface area contributed by atoms with Crippen LogP contribution in [0, 0.1) is 0 Å². The number of rotatable bonds is 12. The third-order valence-electron chi connectivity index (χ3n) is 3.46. The van der Waals surface area contributed by atoms with E-state index in [9.17, 15) is 4.79 Å². The van der Waals surface area contributed by atoms with Gasteiger partial charge in [-0.25, -0.2) is 0 Å². The van der Waals surface area contributed by atoms with Crippen molar-refractivity contribution in [1.82, 2.24) is 0 Å². The molecule has 2 heteroatoms. The first-order valence-corrected chi connectivity index (χ1v) is 10.1. The van der Waals surface area contributed by atoms with Crippen molar-refractivity contribution >= 4 is 24.1 Å². The fraction of sp³-hybridized carbons (Fsp3) is 0.381. The van der Waals surface area contributed by atoms with Gasteiger partial charge in [0.05, 0.1) is 0 Å². The third kappa shape index (κ3) is 10.9. The first-order valence-electron chi connectivity index (χ1n) is 8.39. The SMILES string of the molecule is C=CCC/C=C(\C)CC/C=C\CCCC(=O)[Se]c1ccccc1. The van der Waals surface area contributed by atoms with Crippen LogP contribution in [0.5, 0.6) is 0 Å². The summed E-state index contributed by atoms with van der Waals surface area (Å²) in [6, 6.07) is 10.1. The summed E-state index contributed by atoms with van der Waals surface area (Å²) >= 11 is -0.0156. The van der Waals surface area contributed by atoms with Gasteiger partial charge in [-0.15, -0.1) is 6.58 Å². The van der Waals surface area contributed by atoms with Gasteiger partial charge in [-0.1, -0.05) is 6.08 Å². The molecule has 0 aliphatic heterocycles. The van der Waals surface area contributed by atoms with Crippen molar-refractivity contribution < 1.29 is 4.79 Å². The van der Waals surface area contributed by atoms with Crippen molar-refractivity contribution in [1.29, 1.82) is 0 Å². The molecule has 0 N–H and O–H groups in total. The van der Waals surface area contributed by atoms with E-state index in [1.807, 2.05) is 36.4 Å². The van der Waals surface area contributed by atoms with Gasteiger partial charge in [0.15, 0.2) is 0 Å². The predicted molar refractivity (Wildman–Crippen MR) is 102 cm³/mol. The zero-order valence-electron chi connectivity index (χ0n) is 14.2. The van der Waals surface area contributed by atoms with Crippen LogP contribution in [0.4, 0.5) is 0 Å². The van der Waals surface area contributed by atoms with Gasteiger partial charge in [-0.2, -0.15) is 0 Å². The van der Waals surface area contributed by atoms with E-state index < -0.39 is 0 Å². The monoisotopic (exact) mass is 376 g/mol. The number of carbonyl (C=O) groups is 1. The van der Waals surface area contributed by atoms with Gasteiger partial charge in [-0.3, -0.25) is 0 Å². The normalized spacial score (nSPS) is 11.8. The number of hydrogen-bond donors (Lipinski definition) is 0. The molecule has 1 rings (SSSR count). The topological polar surface area (TPSA) is 17.1 Å². The maximum atomic E-state index is 11.9. The van der Waals surface area contributed by atoms with Crippen LogP contribution >= 0.6 is 0 Å². The minimum atomic E-state index is -0.0156. The van der Waals surface area contributed by atoms with Crippen LogP contribution in [0.3, 0.4) is 0 Å². The molecule has 0 aliphatic carbocycles. The minimum absolute atomic E-state index is 0.0156. The van der Waals surface area contributed by atoms with Gasteiger partial charge in [0, 0.05) is 0 Å². The zero-order chi connectivity index (χ0) is 16.8. The van der Waals surface area contributed by atoms with Gasteiger partial charge in [0.1, 0.15) is 0 Å². The summed E-state index contributed by atoms with van der Waals surface area (Å²) in [5.74, 6) is 0. The Bertz CT molecular complexity index is 514. The fourth-order valence-corrected chi connectivity index (χ4v) is 3.82. The first-order chi connectivity index (χ1) is 11.2. The fourth-order valence-electron chi connectivity index (χ4n) is 2.13. The van der Waals surface area contributed by atoms with Gasteiger partial charge < -0.3 is 0 Å². The van der Waals surface area contributed by atoms with Crippen molar-refractivity contribution in [2.24, 2.45) is 0 Å². The Kier molecular flexibility index (Phi) is 11.2. The summed E-state index contributed by atoms with van der Waals surface area (Å²) in [6.07, 6.45) is 15.8. The molecule has 0 unspecified atom stereocenters. The Morgan fingerprint density at radius 2 is 1.78 bits per heavy atom. The van der Waals surface area contributed by atoms with E-state index in [4.69, 9.17) is 0 Å². The van der Waals surface area contributed by atoms with Gasteiger partial charge in [0.2, 0.25) is 0 Å². The Balaban J connectivity index is 2.06. The molecule has 0 saturated heterocycles. The van der Waals surface area contributed by atoms with Crippen LogP contribution in [0.1, 0.15) is 51.9 Å². The Morgan fingerprint density at radius 3 is 2.52 bits per heavy atom. The molecule has 0 heterocycles. The Morgan fingerprint density at radius 1 is 1.04 bits per heavy atom. The molecule has 1 aromatic carbocycles. The van der Waals surface area contributed by atoms with Crippen LogP contribution in [0.15, 0.2) is 66.8 Å². The van der Waals surface area contributed by atoms with Crippen molar-refractivity contribution in [3.05, 3.63) is 66.8 Å². The van der Waals surface area contributed by atoms with Gasteiger partial charge in [-0.05, 0) is 0 Å². The average molecular weight is 375 g/mol. The Labute approximate surface area is 147 Å². The number of carbonyl (C=O) groups excluding carboxylic acids is 1. The van der Waals surface area contributed by atoms with Crippen LogP contribution in [0.2, 0.25) is 0 Å². The summed E-state index contributed by atoms with van der Waals surface area (Å²) in [6.45, 7) is 5.93. The van der Waals surface area contributed by atoms with E-state index in [1.54, 1.807) is 0 Å². The summed E-state index contributed by atoms with van der Waals surface area (Å²) in [7, 11) is 0. The molecule has 0 aromatic heterocycles. The van der Waals surface area contributed by atoms with Gasteiger partial charge >= 0.3 is 135 Å². The van der Waals surface area contributed by atoms with Crippen molar-refractivity contribution in [2.45, 2.75) is 51.9 Å². The number of hydrogen-bond acceptors (Lipinski definition) is 1. The van der Waals surface area contributed by atoms with Crippen molar-refractivity contribution in [3.8, 4) is 0 Å². The molecule has 0 aliphatic rings. The van der Waals surface area contributed by atoms with Crippen LogP contribution < -0.4 is 4.46 Å². The Hall–Kier alpha value is -1.37. The molecule has 1 aromatic rings. The van der Waals surface area contributed by atoms with E-state index in [0.717, 1.165) is 38.5 Å². The molecule has 0 saturated carbocycles. The second kappa shape index (κ2) is 13.1. The molecule has 0 amide bonds. The zero-order valence-corrected chi connectivity index (χ0v) is 15.9. The summed E-state index contributed by atoms with van der Waals surface area (Å²) in [5.41, 5.74) is 1.46. The summed E-state index contributed by atoms with van der Waals surface area (Å²) < 4.78 is 1.58. The third-order valence-corrected chi connectivity index (χ3v) is 5.43. The van der Waals surface area contributed by atoms with Crippen LogP contribution in [-0.4, -0.2) is 19.6 Å². The molecule has 0 spiro atoms. The summed E-state index contributed by atoms with van der Waals surface area (Å²) in [4.78, 5) is 11.9. The van der Waals surface area contributed by atoms with Crippen LogP contribution in [-0.2, 0) is 4.79 Å². The van der Waals surface area contributed by atoms with E-state index in [1.165, 1.54) is 10.0 Å². The molecule has 0 bridgehead atoms. The van der Waals surface area contributed by atoms with Gasteiger partial charge in [0.25, 0.3) is 0 Å². The second-order valence-electron chi connectivity index (χ2n) is 5.61. The molecule has 1 nitrogen and oxygen atoms in total. The molecule has 124 valence electrons. The van der Waals surface area contributed by atoms with Crippen molar-refractivity contribution in [3.63, 3.8) is 0 Å². The first kappa shape index (κ1) is 19.7. The second-order valence-corrected chi connectivity index (χ2v) is 7.98.